The highest BCUT2D eigenvalue weighted by Crippen LogP contribution is 2.34. The molecule has 1 aromatic carbocycles. The van der Waals surface area contributed by atoms with Crippen LogP contribution < -0.4 is 9.64 Å². The zero-order valence-electron chi connectivity index (χ0n) is 16.8. The molecule has 2 fully saturated rings. The molecule has 2 aromatic rings. The Labute approximate surface area is 167 Å². The van der Waals surface area contributed by atoms with E-state index in [0.717, 1.165) is 62.9 Å². The molecule has 0 spiro atoms. The van der Waals surface area contributed by atoms with Gasteiger partial charge < -0.3 is 14.5 Å². The highest BCUT2D eigenvalue weighted by Gasteiger charge is 2.27. The lowest BCUT2D eigenvalue weighted by atomic mass is 9.97. The third-order valence-electron chi connectivity index (χ3n) is 6.16. The van der Waals surface area contributed by atoms with Gasteiger partial charge in [0.2, 0.25) is 0 Å². The zero-order valence-corrected chi connectivity index (χ0v) is 16.8. The van der Waals surface area contributed by atoms with Crippen LogP contribution in [0.2, 0.25) is 0 Å². The molecule has 0 N–H and O–H groups in total. The lowest BCUT2D eigenvalue weighted by molar-refractivity contribution is 0.0697. The van der Waals surface area contributed by atoms with Gasteiger partial charge in [-0.05, 0) is 48.9 Å². The maximum Gasteiger partial charge on any atom is 0.255 e. The van der Waals surface area contributed by atoms with Gasteiger partial charge in [-0.1, -0.05) is 25.1 Å². The summed E-state index contributed by atoms with van der Waals surface area (Å²) in [4.78, 5) is 21.6. The smallest absolute Gasteiger partial charge is 0.255 e. The summed E-state index contributed by atoms with van der Waals surface area (Å²) in [5.41, 5.74) is 1.96. The van der Waals surface area contributed by atoms with Crippen LogP contribution >= 0.6 is 0 Å². The van der Waals surface area contributed by atoms with Crippen LogP contribution in [-0.2, 0) is 0 Å². The monoisotopic (exact) mass is 379 g/mol. The molecule has 148 valence electrons. The average molecular weight is 380 g/mol. The normalized spacial score (nSPS) is 20.4. The summed E-state index contributed by atoms with van der Waals surface area (Å²) in [5, 5.41) is 0. The van der Waals surface area contributed by atoms with Gasteiger partial charge >= 0.3 is 0 Å². The van der Waals surface area contributed by atoms with Gasteiger partial charge in [0, 0.05) is 38.3 Å². The number of piperidine rings is 1. The summed E-state index contributed by atoms with van der Waals surface area (Å²) in [6.45, 7) is 5.85. The topological polar surface area (TPSA) is 45.7 Å². The standard InChI is InChI=1S/C23H29N3O2/c1-17-9-12-25(13-10-17)23(27)18-7-8-22(24-15-18)26-14-11-19(16-26)20-5-3-4-6-21(20)28-2/h3-8,15,17,19H,9-14,16H2,1-2H3. The third kappa shape index (κ3) is 3.84. The van der Waals surface area contributed by atoms with E-state index in [9.17, 15) is 4.79 Å². The minimum absolute atomic E-state index is 0.110. The average Bonchev–Trinajstić information content (AvgIpc) is 3.24. The molecule has 4 rings (SSSR count). The number of amides is 1. The van der Waals surface area contributed by atoms with Crippen LogP contribution in [-0.4, -0.2) is 49.1 Å². The van der Waals surface area contributed by atoms with Crippen LogP contribution in [0.5, 0.6) is 5.75 Å². The summed E-state index contributed by atoms with van der Waals surface area (Å²) in [7, 11) is 1.73. The first-order chi connectivity index (χ1) is 13.7. The molecule has 0 radical (unpaired) electrons. The first-order valence-electron chi connectivity index (χ1n) is 10.3. The Balaban J connectivity index is 1.41. The van der Waals surface area contributed by atoms with Crippen LogP contribution in [0.1, 0.15) is 48.0 Å². The van der Waals surface area contributed by atoms with Crippen LogP contribution in [0.25, 0.3) is 0 Å². The molecule has 28 heavy (non-hydrogen) atoms. The molecular formula is C23H29N3O2. The molecule has 5 nitrogen and oxygen atoms in total. The second-order valence-electron chi connectivity index (χ2n) is 8.05. The van der Waals surface area contributed by atoms with Crippen LogP contribution in [0.3, 0.4) is 0 Å². The van der Waals surface area contributed by atoms with E-state index in [4.69, 9.17) is 4.74 Å². The Hall–Kier alpha value is -2.56. The van der Waals surface area contributed by atoms with Crippen LogP contribution in [0, 0.1) is 5.92 Å². The SMILES string of the molecule is COc1ccccc1C1CCN(c2ccc(C(=O)N3CCC(C)CC3)cn2)C1. The highest BCUT2D eigenvalue weighted by atomic mass is 16.5. The van der Waals surface area contributed by atoms with Crippen LogP contribution in [0.15, 0.2) is 42.6 Å². The summed E-state index contributed by atoms with van der Waals surface area (Å²) >= 11 is 0. The Morgan fingerprint density at radius 2 is 1.86 bits per heavy atom. The van der Waals surface area contributed by atoms with Crippen molar-refractivity contribution >= 4 is 11.7 Å². The molecule has 1 aromatic heterocycles. The van der Waals surface area contributed by atoms with Crippen molar-refractivity contribution in [3.8, 4) is 5.75 Å². The van der Waals surface area contributed by atoms with Crippen molar-refractivity contribution in [3.63, 3.8) is 0 Å². The minimum Gasteiger partial charge on any atom is -0.496 e. The molecule has 2 saturated heterocycles. The Morgan fingerprint density at radius 1 is 1.07 bits per heavy atom. The molecule has 0 saturated carbocycles. The maximum atomic E-state index is 12.7. The van der Waals surface area contributed by atoms with Gasteiger partial charge in [0.1, 0.15) is 11.6 Å². The number of pyridine rings is 1. The van der Waals surface area contributed by atoms with E-state index in [1.807, 2.05) is 29.2 Å². The largest absolute Gasteiger partial charge is 0.496 e. The molecule has 0 aliphatic carbocycles. The number of hydrogen-bond donors (Lipinski definition) is 0. The highest BCUT2D eigenvalue weighted by molar-refractivity contribution is 5.94. The van der Waals surface area contributed by atoms with E-state index in [1.165, 1.54) is 5.56 Å². The summed E-state index contributed by atoms with van der Waals surface area (Å²) in [6, 6.07) is 12.2. The Bertz CT molecular complexity index is 813. The van der Waals surface area contributed by atoms with Gasteiger partial charge in [-0.2, -0.15) is 0 Å². The van der Waals surface area contributed by atoms with Crippen molar-refractivity contribution in [1.29, 1.82) is 0 Å². The number of carbonyl (C=O) groups is 1. The fourth-order valence-electron chi connectivity index (χ4n) is 4.32. The van der Waals surface area contributed by atoms with Crippen molar-refractivity contribution < 1.29 is 9.53 Å². The summed E-state index contributed by atoms with van der Waals surface area (Å²) in [6.07, 6.45) is 5.01. The number of ether oxygens (including phenoxy) is 1. The number of nitrogens with zero attached hydrogens (tertiary/aromatic N) is 3. The van der Waals surface area contributed by atoms with Crippen molar-refractivity contribution in [1.82, 2.24) is 9.88 Å². The van der Waals surface area contributed by atoms with E-state index in [0.29, 0.717) is 11.5 Å². The number of methoxy groups -OCH3 is 1. The fraction of sp³-hybridized carbons (Fsp3) is 0.478. The molecule has 0 bridgehead atoms. The van der Waals surface area contributed by atoms with E-state index in [-0.39, 0.29) is 5.91 Å². The Morgan fingerprint density at radius 3 is 2.57 bits per heavy atom. The van der Waals surface area contributed by atoms with E-state index >= 15 is 0 Å². The number of aromatic nitrogens is 1. The van der Waals surface area contributed by atoms with Gasteiger partial charge in [-0.3, -0.25) is 4.79 Å². The van der Waals surface area contributed by atoms with Crippen molar-refractivity contribution in [2.24, 2.45) is 5.92 Å². The molecule has 1 amide bonds. The molecule has 2 aliphatic rings. The first-order valence-corrected chi connectivity index (χ1v) is 10.3. The quantitative estimate of drug-likeness (QED) is 0.807. The van der Waals surface area contributed by atoms with Gasteiger partial charge in [0.15, 0.2) is 0 Å². The molecule has 2 aliphatic heterocycles. The van der Waals surface area contributed by atoms with Crippen LogP contribution in [0.4, 0.5) is 5.82 Å². The number of likely N-dealkylation sites (tertiary alicyclic amines) is 1. The zero-order chi connectivity index (χ0) is 19.5. The molecule has 1 atom stereocenters. The lowest BCUT2D eigenvalue weighted by Crippen LogP contribution is -2.38. The maximum absolute atomic E-state index is 12.7. The van der Waals surface area contributed by atoms with Gasteiger partial charge in [0.05, 0.1) is 12.7 Å². The number of para-hydroxylation sites is 1. The van der Waals surface area contributed by atoms with Crippen molar-refractivity contribution in [2.75, 3.05) is 38.2 Å². The first kappa shape index (κ1) is 18.8. The minimum atomic E-state index is 0.110. The number of anilines is 1. The van der Waals surface area contributed by atoms with Crippen molar-refractivity contribution in [2.45, 2.75) is 32.1 Å². The predicted molar refractivity (Wildman–Crippen MR) is 111 cm³/mol. The molecule has 5 heteroatoms. The summed E-state index contributed by atoms with van der Waals surface area (Å²) < 4.78 is 5.53. The molecular weight excluding hydrogens is 350 g/mol. The van der Waals surface area contributed by atoms with E-state index in [2.05, 4.69) is 28.9 Å². The predicted octanol–water partition coefficient (Wildman–Crippen LogP) is 3.96. The van der Waals surface area contributed by atoms with Gasteiger partial charge in [-0.15, -0.1) is 0 Å². The van der Waals surface area contributed by atoms with Crippen molar-refractivity contribution in [3.05, 3.63) is 53.7 Å². The van der Waals surface area contributed by atoms with E-state index in [1.54, 1.807) is 13.3 Å². The molecule has 1 unspecified atom stereocenters. The van der Waals surface area contributed by atoms with Gasteiger partial charge in [0.25, 0.3) is 5.91 Å². The molecule has 3 heterocycles. The second-order valence-corrected chi connectivity index (χ2v) is 8.05. The van der Waals surface area contributed by atoms with E-state index < -0.39 is 0 Å². The third-order valence-corrected chi connectivity index (χ3v) is 6.16. The number of rotatable bonds is 4. The number of benzene rings is 1. The number of hydrogen-bond acceptors (Lipinski definition) is 4. The van der Waals surface area contributed by atoms with Gasteiger partial charge in [-0.25, -0.2) is 4.98 Å². The lowest BCUT2D eigenvalue weighted by Gasteiger charge is -2.30. The summed E-state index contributed by atoms with van der Waals surface area (Å²) in [5.74, 6) is 3.17. The fourth-order valence-corrected chi connectivity index (χ4v) is 4.32. The second kappa shape index (κ2) is 8.21. The Kier molecular flexibility index (Phi) is 5.51. The number of carbonyl (C=O) groups excluding carboxylic acids is 1.